The van der Waals surface area contributed by atoms with Crippen LogP contribution in [0.3, 0.4) is 0 Å². The highest BCUT2D eigenvalue weighted by Gasteiger charge is 2.29. The average Bonchev–Trinajstić information content (AvgIpc) is 3.32. The van der Waals surface area contributed by atoms with Gasteiger partial charge in [-0.1, -0.05) is 0 Å². The Morgan fingerprint density at radius 2 is 2.17 bits per heavy atom. The Morgan fingerprint density at radius 1 is 1.38 bits per heavy atom. The molecule has 0 saturated heterocycles. The topological polar surface area (TPSA) is 113 Å². The summed E-state index contributed by atoms with van der Waals surface area (Å²) >= 11 is 0. The first-order valence-electron chi connectivity index (χ1n) is 9.99. The number of rotatable bonds is 6. The number of aromatic amines is 1. The maximum atomic E-state index is 14.3. The van der Waals surface area contributed by atoms with Crippen LogP contribution in [0.4, 0.5) is 20.7 Å². The van der Waals surface area contributed by atoms with Gasteiger partial charge >= 0.3 is 6.09 Å². The molecule has 2 unspecified atom stereocenters. The second-order valence-electron chi connectivity index (χ2n) is 7.40. The Hall–Kier alpha value is -2.62. The third-order valence-electron chi connectivity index (χ3n) is 4.70. The summed E-state index contributed by atoms with van der Waals surface area (Å²) in [6, 6.07) is 5.25. The van der Waals surface area contributed by atoms with E-state index < -0.39 is 28.0 Å². The molecular weight excluding hydrogens is 399 g/mol. The monoisotopic (exact) mass is 425 g/mol. The number of anilines is 2. The second-order valence-corrected chi connectivity index (χ2v) is 9.10. The second kappa shape index (κ2) is 8.40. The van der Waals surface area contributed by atoms with E-state index in [0.29, 0.717) is 5.82 Å². The van der Waals surface area contributed by atoms with Gasteiger partial charge in [-0.25, -0.2) is 17.6 Å². The van der Waals surface area contributed by atoms with Crippen LogP contribution in [-0.4, -0.2) is 43.1 Å². The number of H-pyrrole nitrogens is 1. The van der Waals surface area contributed by atoms with Crippen molar-refractivity contribution in [3.63, 3.8) is 0 Å². The molecule has 158 valence electrons. The molecule has 3 rings (SSSR count). The van der Waals surface area contributed by atoms with Gasteiger partial charge in [0.25, 0.3) is 0 Å². The van der Waals surface area contributed by atoms with Gasteiger partial charge in [-0.2, -0.15) is 5.10 Å². The predicted molar refractivity (Wildman–Crippen MR) is 107 cm³/mol. The number of carbonyl (C=O) groups excluding carboxylic acids is 1. The predicted octanol–water partition coefficient (Wildman–Crippen LogP) is 3.47. The lowest BCUT2D eigenvalue weighted by molar-refractivity contribution is 0.112. The molecule has 1 aliphatic rings. The molecule has 1 aromatic carbocycles. The van der Waals surface area contributed by atoms with E-state index in [9.17, 15) is 17.6 Å². The molecule has 3 N–H and O–H groups in total. The summed E-state index contributed by atoms with van der Waals surface area (Å²) in [6.07, 6.45) is 0.985. The summed E-state index contributed by atoms with van der Waals surface area (Å²) in [5.74, 6) is -0.176. The van der Waals surface area contributed by atoms with Crippen LogP contribution in [0.5, 0.6) is 0 Å². The van der Waals surface area contributed by atoms with Crippen molar-refractivity contribution >= 4 is 27.4 Å². The molecule has 1 aromatic heterocycles. The van der Waals surface area contributed by atoms with E-state index in [1.165, 1.54) is 12.1 Å². The molecule has 1 heterocycles. The van der Waals surface area contributed by atoms with E-state index in [2.05, 4.69) is 20.8 Å². The van der Waals surface area contributed by atoms with Crippen molar-refractivity contribution in [1.82, 2.24) is 15.5 Å². The van der Waals surface area contributed by atoms with Gasteiger partial charge in [-0.05, 0) is 51.3 Å². The van der Waals surface area contributed by atoms with Crippen LogP contribution < -0.4 is 10.6 Å². The summed E-state index contributed by atoms with van der Waals surface area (Å²) in [6.45, 7) is 3.59. The third kappa shape index (κ3) is 5.47. The standard InChI is InChI=1S/C19H25FN4O4S/c1-11(2)28-19(25)21-13-5-4-12(8-13)17-10-18(24-23-17)22-16-7-6-14(9-15(16)20)29(3,26)27/h6-7,9-13H,4-5,8H2,1-3H3,(H,21,25)(H2,22,23,24)/i3D. The zero-order valence-electron chi connectivity index (χ0n) is 17.2. The number of nitrogens with zero attached hydrogens (tertiary/aromatic N) is 1. The molecular formula is C19H25FN4O4S. The fourth-order valence-electron chi connectivity index (χ4n) is 3.35. The number of carbonyl (C=O) groups is 1. The van der Waals surface area contributed by atoms with Crippen molar-refractivity contribution in [2.24, 2.45) is 0 Å². The molecule has 1 fully saturated rings. The van der Waals surface area contributed by atoms with Gasteiger partial charge in [-0.15, -0.1) is 0 Å². The molecule has 2 atom stereocenters. The zero-order chi connectivity index (χ0) is 21.9. The SMILES string of the molecule is [2H]CS(=O)(=O)c1ccc(Nc2cc(C3CCC(NC(=O)OC(C)C)C3)[nH]n2)c(F)c1. The Bertz CT molecular complexity index is 1010. The fourth-order valence-corrected chi connectivity index (χ4v) is 3.91. The van der Waals surface area contributed by atoms with E-state index in [-0.39, 0.29) is 28.6 Å². The van der Waals surface area contributed by atoms with Crippen LogP contribution in [0.2, 0.25) is 0 Å². The zero-order valence-corrected chi connectivity index (χ0v) is 17.1. The number of alkyl carbamates (subject to hydrolysis) is 1. The number of aromatic nitrogens is 2. The van der Waals surface area contributed by atoms with Crippen LogP contribution in [0.25, 0.3) is 0 Å². The maximum absolute atomic E-state index is 14.3. The van der Waals surface area contributed by atoms with Crippen LogP contribution >= 0.6 is 0 Å². The molecule has 2 aromatic rings. The number of hydrogen-bond acceptors (Lipinski definition) is 6. The number of benzene rings is 1. The highest BCUT2D eigenvalue weighted by molar-refractivity contribution is 7.90. The molecule has 0 bridgehead atoms. The van der Waals surface area contributed by atoms with Gasteiger partial charge in [0.1, 0.15) is 5.82 Å². The molecule has 0 spiro atoms. The molecule has 29 heavy (non-hydrogen) atoms. The van der Waals surface area contributed by atoms with Gasteiger partial charge in [-0.3, -0.25) is 5.10 Å². The Balaban J connectivity index is 1.61. The highest BCUT2D eigenvalue weighted by Crippen LogP contribution is 2.35. The van der Waals surface area contributed by atoms with Crippen molar-refractivity contribution in [2.75, 3.05) is 11.5 Å². The first-order chi connectivity index (χ1) is 14.2. The van der Waals surface area contributed by atoms with Crippen LogP contribution in [-0.2, 0) is 14.6 Å². The largest absolute Gasteiger partial charge is 0.447 e. The summed E-state index contributed by atoms with van der Waals surface area (Å²) in [5.41, 5.74) is 0.951. The molecule has 1 amide bonds. The first-order valence-corrected chi connectivity index (χ1v) is 10.9. The molecule has 1 saturated carbocycles. The molecule has 10 heteroatoms. The fraction of sp³-hybridized carbons (Fsp3) is 0.474. The van der Waals surface area contributed by atoms with E-state index in [4.69, 9.17) is 6.11 Å². The van der Waals surface area contributed by atoms with Gasteiger partial charge in [0.15, 0.2) is 15.7 Å². The van der Waals surface area contributed by atoms with E-state index >= 15 is 0 Å². The smallest absolute Gasteiger partial charge is 0.407 e. The van der Waals surface area contributed by atoms with Crippen molar-refractivity contribution in [3.8, 4) is 0 Å². The molecule has 1 aliphatic carbocycles. The Labute approximate surface area is 170 Å². The molecule has 8 nitrogen and oxygen atoms in total. The van der Waals surface area contributed by atoms with Crippen molar-refractivity contribution in [3.05, 3.63) is 35.8 Å². The summed E-state index contributed by atoms with van der Waals surface area (Å²) in [7, 11) is -3.80. The highest BCUT2D eigenvalue weighted by atomic mass is 32.2. The summed E-state index contributed by atoms with van der Waals surface area (Å²) < 4.78 is 49.8. The van der Waals surface area contributed by atoms with Crippen LogP contribution in [0.15, 0.2) is 29.2 Å². The van der Waals surface area contributed by atoms with Gasteiger partial charge < -0.3 is 15.4 Å². The molecule has 0 radical (unpaired) electrons. The van der Waals surface area contributed by atoms with Gasteiger partial charge in [0.05, 0.1) is 16.7 Å². The average molecular weight is 426 g/mol. The van der Waals surface area contributed by atoms with Crippen LogP contribution in [0, 0.1) is 5.82 Å². The minimum atomic E-state index is -3.80. The van der Waals surface area contributed by atoms with E-state index in [0.717, 1.165) is 31.0 Å². The summed E-state index contributed by atoms with van der Waals surface area (Å²) in [4.78, 5) is 11.5. The minimum absolute atomic E-state index is 0.0185. The van der Waals surface area contributed by atoms with Crippen LogP contribution in [0.1, 0.15) is 46.1 Å². The van der Waals surface area contributed by atoms with Gasteiger partial charge in [0.2, 0.25) is 0 Å². The quantitative estimate of drug-likeness (QED) is 0.653. The lowest BCUT2D eigenvalue weighted by Crippen LogP contribution is -2.34. The Kier molecular flexibility index (Phi) is 5.70. The number of hydrogen-bond donors (Lipinski definition) is 3. The maximum Gasteiger partial charge on any atom is 0.407 e. The van der Waals surface area contributed by atoms with E-state index in [1.807, 2.05) is 0 Å². The normalized spacial score (nSPS) is 19.8. The minimum Gasteiger partial charge on any atom is -0.447 e. The first kappa shape index (κ1) is 19.7. The van der Waals surface area contributed by atoms with Gasteiger partial charge in [0, 0.05) is 31.3 Å². The summed E-state index contributed by atoms with van der Waals surface area (Å²) in [5, 5.41) is 12.8. The molecule has 0 aliphatic heterocycles. The number of amides is 1. The number of sulfone groups is 1. The van der Waals surface area contributed by atoms with Crippen molar-refractivity contribution in [1.29, 1.82) is 0 Å². The van der Waals surface area contributed by atoms with E-state index in [1.54, 1.807) is 19.9 Å². The van der Waals surface area contributed by atoms with Crippen molar-refractivity contribution < 1.29 is 23.7 Å². The van der Waals surface area contributed by atoms with Crippen molar-refractivity contribution in [2.45, 2.75) is 56.1 Å². The number of ether oxygens (including phenoxy) is 1. The Morgan fingerprint density at radius 3 is 2.86 bits per heavy atom. The lowest BCUT2D eigenvalue weighted by Gasteiger charge is -2.14. The number of nitrogens with one attached hydrogen (secondary N) is 3. The number of halogens is 1. The lowest BCUT2D eigenvalue weighted by atomic mass is 10.0. The third-order valence-corrected chi connectivity index (χ3v) is 5.67.